The van der Waals surface area contributed by atoms with Gasteiger partial charge in [-0.3, -0.25) is 0 Å². The molecule has 2 unspecified atom stereocenters. The molecule has 0 aromatic heterocycles. The van der Waals surface area contributed by atoms with E-state index in [-0.39, 0.29) is 12.2 Å². The summed E-state index contributed by atoms with van der Waals surface area (Å²) in [5.41, 5.74) is 6.57. The van der Waals surface area contributed by atoms with E-state index in [0.717, 1.165) is 37.6 Å². The van der Waals surface area contributed by atoms with Crippen molar-refractivity contribution < 1.29 is 18.9 Å². The smallest absolute Gasteiger partial charge is 0.122 e. The van der Waals surface area contributed by atoms with E-state index in [1.54, 1.807) is 0 Å². The zero-order valence-corrected chi connectivity index (χ0v) is 18.3. The van der Waals surface area contributed by atoms with Gasteiger partial charge in [-0.05, 0) is 70.9 Å². The SMILES string of the molecule is CC(C)c1cc(C2=CC=C(c3ccc(OCC4CO4)cc3)CC2)ccc1OCC1CO1. The molecule has 3 aliphatic rings. The van der Waals surface area contributed by atoms with Crippen LogP contribution in [0.2, 0.25) is 0 Å². The van der Waals surface area contributed by atoms with Crippen LogP contribution in [-0.2, 0) is 9.47 Å². The first kappa shape index (κ1) is 20.3. The molecule has 1 aliphatic carbocycles. The summed E-state index contributed by atoms with van der Waals surface area (Å²) in [5.74, 6) is 2.30. The number of rotatable bonds is 9. The van der Waals surface area contributed by atoms with Gasteiger partial charge in [0, 0.05) is 0 Å². The highest BCUT2D eigenvalue weighted by atomic mass is 16.6. The second kappa shape index (κ2) is 8.89. The molecule has 2 aromatic rings. The van der Waals surface area contributed by atoms with Crippen LogP contribution in [0.4, 0.5) is 0 Å². The Morgan fingerprint density at radius 3 is 1.97 bits per heavy atom. The lowest BCUT2D eigenvalue weighted by molar-refractivity contribution is 0.260. The molecule has 0 N–H and O–H groups in total. The minimum absolute atomic E-state index is 0.275. The van der Waals surface area contributed by atoms with Gasteiger partial charge in [-0.25, -0.2) is 0 Å². The number of epoxide rings is 2. The molecule has 2 aromatic carbocycles. The van der Waals surface area contributed by atoms with Crippen LogP contribution >= 0.6 is 0 Å². The molecule has 0 spiro atoms. The fraction of sp³-hybridized carbons (Fsp3) is 0.407. The minimum Gasteiger partial charge on any atom is -0.491 e. The van der Waals surface area contributed by atoms with Gasteiger partial charge in [-0.15, -0.1) is 0 Å². The van der Waals surface area contributed by atoms with E-state index in [2.05, 4.69) is 68.5 Å². The lowest BCUT2D eigenvalue weighted by atomic mass is 9.88. The molecule has 4 heteroatoms. The van der Waals surface area contributed by atoms with E-state index in [0.29, 0.717) is 19.1 Å². The first-order chi connectivity index (χ1) is 15.2. The first-order valence-corrected chi connectivity index (χ1v) is 11.3. The van der Waals surface area contributed by atoms with Crippen molar-refractivity contribution in [3.63, 3.8) is 0 Å². The van der Waals surface area contributed by atoms with Gasteiger partial charge >= 0.3 is 0 Å². The molecule has 2 aliphatic heterocycles. The summed E-state index contributed by atoms with van der Waals surface area (Å²) >= 11 is 0. The van der Waals surface area contributed by atoms with Crippen molar-refractivity contribution in [1.82, 2.24) is 0 Å². The molecule has 2 fully saturated rings. The largest absolute Gasteiger partial charge is 0.491 e. The van der Waals surface area contributed by atoms with Crippen LogP contribution in [-0.4, -0.2) is 38.6 Å². The Labute approximate surface area is 184 Å². The van der Waals surface area contributed by atoms with Crippen molar-refractivity contribution in [1.29, 1.82) is 0 Å². The first-order valence-electron chi connectivity index (χ1n) is 11.3. The van der Waals surface area contributed by atoms with Gasteiger partial charge in [0.15, 0.2) is 0 Å². The average molecular weight is 419 g/mol. The molecule has 162 valence electrons. The third kappa shape index (κ3) is 5.20. The Bertz CT molecular complexity index is 979. The van der Waals surface area contributed by atoms with Gasteiger partial charge in [-0.2, -0.15) is 0 Å². The van der Waals surface area contributed by atoms with Gasteiger partial charge in [0.05, 0.1) is 13.2 Å². The molecule has 0 bridgehead atoms. The standard InChI is InChI=1S/C27H30O4/c1-18(2)26-13-22(9-12-27(26)31-17-25-16-30-25)21-5-3-19(4-6-21)20-7-10-23(11-8-20)28-14-24-15-29-24/h3,5,7-13,18,24-25H,4,6,14-17H2,1-2H3. The van der Waals surface area contributed by atoms with Crippen LogP contribution < -0.4 is 9.47 Å². The summed E-state index contributed by atoms with van der Waals surface area (Å²) in [5, 5.41) is 0. The molecule has 31 heavy (non-hydrogen) atoms. The molecule has 2 heterocycles. The summed E-state index contributed by atoms with van der Waals surface area (Å²) < 4.78 is 22.2. The Morgan fingerprint density at radius 2 is 1.39 bits per heavy atom. The van der Waals surface area contributed by atoms with E-state index in [9.17, 15) is 0 Å². The molecule has 0 amide bonds. The van der Waals surface area contributed by atoms with E-state index >= 15 is 0 Å². The predicted molar refractivity (Wildman–Crippen MR) is 123 cm³/mol. The third-order valence-electron chi connectivity index (χ3n) is 6.04. The third-order valence-corrected chi connectivity index (χ3v) is 6.04. The molecule has 0 saturated carbocycles. The monoisotopic (exact) mass is 418 g/mol. The second-order valence-electron chi connectivity index (χ2n) is 8.85. The summed E-state index contributed by atoms with van der Waals surface area (Å²) in [6, 6.07) is 15.0. The van der Waals surface area contributed by atoms with Crippen molar-refractivity contribution in [2.75, 3.05) is 26.4 Å². The number of ether oxygens (including phenoxy) is 4. The van der Waals surface area contributed by atoms with Gasteiger partial charge in [0.1, 0.15) is 36.9 Å². The lowest BCUT2D eigenvalue weighted by Gasteiger charge is -2.19. The van der Waals surface area contributed by atoms with Crippen LogP contribution in [0.1, 0.15) is 49.3 Å². The van der Waals surface area contributed by atoms with Gasteiger partial charge in [0.25, 0.3) is 0 Å². The average Bonchev–Trinajstić information content (AvgIpc) is 3.72. The highest BCUT2D eigenvalue weighted by Crippen LogP contribution is 2.36. The number of benzene rings is 2. The Morgan fingerprint density at radius 1 is 0.806 bits per heavy atom. The maximum atomic E-state index is 6.01. The van der Waals surface area contributed by atoms with Crippen LogP contribution in [0.5, 0.6) is 11.5 Å². The van der Waals surface area contributed by atoms with E-state index in [1.165, 1.54) is 27.8 Å². The molecular formula is C27H30O4. The van der Waals surface area contributed by atoms with E-state index in [4.69, 9.17) is 18.9 Å². The predicted octanol–water partition coefficient (Wildman–Crippen LogP) is 5.63. The Hall–Kier alpha value is -2.56. The summed E-state index contributed by atoms with van der Waals surface area (Å²) in [4.78, 5) is 0. The van der Waals surface area contributed by atoms with E-state index < -0.39 is 0 Å². The van der Waals surface area contributed by atoms with Crippen molar-refractivity contribution in [3.05, 3.63) is 71.3 Å². The normalized spacial score (nSPS) is 22.0. The second-order valence-corrected chi connectivity index (χ2v) is 8.85. The van der Waals surface area contributed by atoms with Gasteiger partial charge < -0.3 is 18.9 Å². The molecule has 5 rings (SSSR count). The molecule has 2 saturated heterocycles. The van der Waals surface area contributed by atoms with Crippen molar-refractivity contribution in [3.8, 4) is 11.5 Å². The number of hydrogen-bond acceptors (Lipinski definition) is 4. The maximum absolute atomic E-state index is 6.01. The fourth-order valence-corrected chi connectivity index (χ4v) is 3.91. The van der Waals surface area contributed by atoms with Crippen LogP contribution in [0.25, 0.3) is 11.1 Å². The molecule has 4 nitrogen and oxygen atoms in total. The van der Waals surface area contributed by atoms with Crippen LogP contribution in [0, 0.1) is 0 Å². The zero-order valence-electron chi connectivity index (χ0n) is 18.3. The topological polar surface area (TPSA) is 43.5 Å². The molecule has 2 atom stereocenters. The van der Waals surface area contributed by atoms with Crippen molar-refractivity contribution in [2.24, 2.45) is 0 Å². The van der Waals surface area contributed by atoms with E-state index in [1.807, 2.05) is 0 Å². The fourth-order valence-electron chi connectivity index (χ4n) is 3.91. The van der Waals surface area contributed by atoms with Crippen LogP contribution in [0.15, 0.2) is 54.6 Å². The maximum Gasteiger partial charge on any atom is 0.122 e. The van der Waals surface area contributed by atoms with Gasteiger partial charge in [0.2, 0.25) is 0 Å². The molecular weight excluding hydrogens is 388 g/mol. The van der Waals surface area contributed by atoms with Crippen molar-refractivity contribution in [2.45, 2.75) is 44.8 Å². The quantitative estimate of drug-likeness (QED) is 0.495. The highest BCUT2D eigenvalue weighted by molar-refractivity contribution is 5.78. The van der Waals surface area contributed by atoms with Gasteiger partial charge in [-0.1, -0.05) is 44.2 Å². The summed E-state index contributed by atoms with van der Waals surface area (Å²) in [6.07, 6.45) is 7.17. The zero-order chi connectivity index (χ0) is 21.2. The summed E-state index contributed by atoms with van der Waals surface area (Å²) in [7, 11) is 0. The number of hydrogen-bond donors (Lipinski definition) is 0. The number of allylic oxidation sites excluding steroid dienone is 4. The van der Waals surface area contributed by atoms with Crippen molar-refractivity contribution >= 4 is 11.1 Å². The Balaban J connectivity index is 1.28. The molecule has 0 radical (unpaired) electrons. The summed E-state index contributed by atoms with van der Waals surface area (Å²) in [6.45, 7) is 7.37. The minimum atomic E-state index is 0.275. The lowest BCUT2D eigenvalue weighted by Crippen LogP contribution is -2.07. The Kier molecular flexibility index (Phi) is 5.84. The van der Waals surface area contributed by atoms with Crippen LogP contribution in [0.3, 0.4) is 0 Å². The highest BCUT2D eigenvalue weighted by Gasteiger charge is 2.24.